The summed E-state index contributed by atoms with van der Waals surface area (Å²) in [4.78, 5) is 0. The van der Waals surface area contributed by atoms with Crippen LogP contribution in [0, 0.1) is 13.8 Å². The highest BCUT2D eigenvalue weighted by molar-refractivity contribution is 6.10. The smallest absolute Gasteiger partial charge is 0.0541 e. The minimum Gasteiger partial charge on any atom is -0.309 e. The third-order valence-electron chi connectivity index (χ3n) is 8.12. The fraction of sp³-hybridized carbons (Fsp3) is 0.0769. The van der Waals surface area contributed by atoms with Gasteiger partial charge < -0.3 is 4.57 Å². The Labute approximate surface area is 236 Å². The van der Waals surface area contributed by atoms with Gasteiger partial charge in [-0.2, -0.15) is 0 Å². The second-order valence-electron chi connectivity index (χ2n) is 10.8. The molecule has 7 aromatic rings. The molecule has 0 fully saturated rings. The molecule has 0 radical (unpaired) electrons. The van der Waals surface area contributed by atoms with Crippen molar-refractivity contribution < 1.29 is 0 Å². The van der Waals surface area contributed by atoms with Crippen LogP contribution in [0.3, 0.4) is 0 Å². The second kappa shape index (κ2) is 10.0. The summed E-state index contributed by atoms with van der Waals surface area (Å²) in [5, 5.41) is 2.56. The molecule has 40 heavy (non-hydrogen) atoms. The summed E-state index contributed by atoms with van der Waals surface area (Å²) in [6.07, 6.45) is 0.920. The van der Waals surface area contributed by atoms with E-state index in [-0.39, 0.29) is 0 Å². The Morgan fingerprint density at radius 3 is 1.93 bits per heavy atom. The summed E-state index contributed by atoms with van der Waals surface area (Å²) in [5.74, 6) is 0. The fourth-order valence-electron chi connectivity index (χ4n) is 6.00. The molecular formula is C39H31N. The van der Waals surface area contributed by atoms with Crippen molar-refractivity contribution in [2.75, 3.05) is 0 Å². The molecule has 192 valence electrons. The predicted octanol–water partition coefficient (Wildman–Crippen LogP) is 10.3. The van der Waals surface area contributed by atoms with E-state index in [1.165, 1.54) is 72.0 Å². The van der Waals surface area contributed by atoms with Gasteiger partial charge in [-0.15, -0.1) is 0 Å². The van der Waals surface area contributed by atoms with Crippen molar-refractivity contribution in [2.24, 2.45) is 0 Å². The molecule has 0 unspecified atom stereocenters. The summed E-state index contributed by atoms with van der Waals surface area (Å²) < 4.78 is 2.37. The van der Waals surface area contributed by atoms with Gasteiger partial charge >= 0.3 is 0 Å². The standard InChI is InChI=1S/C39H31N/c1-27-10-6-7-13-34(27)36-25-30(17-16-28(36)2)24-29-18-20-31(21-19-29)32-22-23-39-37(26-32)35-14-8-9-15-38(35)40(39)33-11-4-3-5-12-33/h3-23,25-26H,24H2,1-2H3. The van der Waals surface area contributed by atoms with Crippen LogP contribution in [0.1, 0.15) is 22.3 Å². The van der Waals surface area contributed by atoms with Gasteiger partial charge in [0.25, 0.3) is 0 Å². The molecule has 0 aliphatic heterocycles. The van der Waals surface area contributed by atoms with E-state index in [0.29, 0.717) is 0 Å². The van der Waals surface area contributed by atoms with Crippen molar-refractivity contribution in [3.8, 4) is 27.9 Å². The first kappa shape index (κ1) is 24.2. The lowest BCUT2D eigenvalue weighted by Gasteiger charge is -2.12. The minimum atomic E-state index is 0.920. The molecule has 1 heterocycles. The molecule has 6 aromatic carbocycles. The summed E-state index contributed by atoms with van der Waals surface area (Å²) in [5.41, 5.74) is 14.1. The zero-order chi connectivity index (χ0) is 27.1. The van der Waals surface area contributed by atoms with Crippen molar-refractivity contribution in [1.29, 1.82) is 0 Å². The molecule has 0 saturated heterocycles. The highest BCUT2D eigenvalue weighted by atomic mass is 15.0. The van der Waals surface area contributed by atoms with E-state index in [2.05, 4.69) is 158 Å². The van der Waals surface area contributed by atoms with Gasteiger partial charge in [-0.25, -0.2) is 0 Å². The van der Waals surface area contributed by atoms with Gasteiger partial charge in [0.1, 0.15) is 0 Å². The molecule has 1 nitrogen and oxygen atoms in total. The molecule has 0 N–H and O–H groups in total. The van der Waals surface area contributed by atoms with Crippen LogP contribution in [0.25, 0.3) is 49.7 Å². The molecule has 0 aliphatic rings. The molecular weight excluding hydrogens is 482 g/mol. The SMILES string of the molecule is Cc1ccccc1-c1cc(Cc2ccc(-c3ccc4c(c3)c3ccccc3n4-c3ccccc3)cc2)ccc1C. The number of aryl methyl sites for hydroxylation is 2. The van der Waals surface area contributed by atoms with Crippen LogP contribution < -0.4 is 0 Å². The average molecular weight is 514 g/mol. The Morgan fingerprint density at radius 1 is 0.450 bits per heavy atom. The molecule has 7 rings (SSSR count). The van der Waals surface area contributed by atoms with E-state index in [1.807, 2.05) is 0 Å². The number of benzene rings is 6. The zero-order valence-electron chi connectivity index (χ0n) is 22.9. The van der Waals surface area contributed by atoms with Crippen LogP contribution in [0.4, 0.5) is 0 Å². The van der Waals surface area contributed by atoms with Crippen LogP contribution >= 0.6 is 0 Å². The number of para-hydroxylation sites is 2. The molecule has 0 amide bonds. The Kier molecular flexibility index (Phi) is 6.06. The van der Waals surface area contributed by atoms with E-state index in [0.717, 1.165) is 6.42 Å². The molecule has 0 atom stereocenters. The molecule has 1 heteroatoms. The Bertz CT molecular complexity index is 1970. The summed E-state index contributed by atoms with van der Waals surface area (Å²) in [6, 6.07) is 50.8. The zero-order valence-corrected chi connectivity index (χ0v) is 22.9. The third kappa shape index (κ3) is 4.30. The van der Waals surface area contributed by atoms with Gasteiger partial charge in [0.15, 0.2) is 0 Å². The van der Waals surface area contributed by atoms with Crippen molar-refractivity contribution >= 4 is 21.8 Å². The lowest BCUT2D eigenvalue weighted by Crippen LogP contribution is -1.93. The van der Waals surface area contributed by atoms with Crippen LogP contribution in [0.2, 0.25) is 0 Å². The summed E-state index contributed by atoms with van der Waals surface area (Å²) in [7, 11) is 0. The van der Waals surface area contributed by atoms with E-state index in [1.54, 1.807) is 0 Å². The van der Waals surface area contributed by atoms with Gasteiger partial charge in [-0.3, -0.25) is 0 Å². The lowest BCUT2D eigenvalue weighted by molar-refractivity contribution is 1.18. The van der Waals surface area contributed by atoms with E-state index in [9.17, 15) is 0 Å². The summed E-state index contributed by atoms with van der Waals surface area (Å²) >= 11 is 0. The Balaban J connectivity index is 1.21. The van der Waals surface area contributed by atoms with Crippen LogP contribution in [0.5, 0.6) is 0 Å². The van der Waals surface area contributed by atoms with Gasteiger partial charge in [0.05, 0.1) is 11.0 Å². The minimum absolute atomic E-state index is 0.920. The lowest BCUT2D eigenvalue weighted by atomic mass is 9.93. The third-order valence-corrected chi connectivity index (χ3v) is 8.12. The largest absolute Gasteiger partial charge is 0.309 e. The maximum atomic E-state index is 2.37. The van der Waals surface area contributed by atoms with Crippen LogP contribution in [-0.2, 0) is 6.42 Å². The number of rotatable bonds is 5. The maximum absolute atomic E-state index is 2.37. The van der Waals surface area contributed by atoms with Gasteiger partial charge in [0.2, 0.25) is 0 Å². The summed E-state index contributed by atoms with van der Waals surface area (Å²) in [6.45, 7) is 4.39. The van der Waals surface area contributed by atoms with E-state index < -0.39 is 0 Å². The molecule has 1 aromatic heterocycles. The molecule has 0 aliphatic carbocycles. The number of hydrogen-bond acceptors (Lipinski definition) is 0. The van der Waals surface area contributed by atoms with Crippen LogP contribution in [0.15, 0.2) is 140 Å². The van der Waals surface area contributed by atoms with Crippen LogP contribution in [-0.4, -0.2) is 4.57 Å². The fourth-order valence-corrected chi connectivity index (χ4v) is 6.00. The second-order valence-corrected chi connectivity index (χ2v) is 10.8. The highest BCUT2D eigenvalue weighted by Gasteiger charge is 2.13. The molecule has 0 spiro atoms. The molecule has 0 bridgehead atoms. The molecule has 0 saturated carbocycles. The van der Waals surface area contributed by atoms with E-state index in [4.69, 9.17) is 0 Å². The first-order chi connectivity index (χ1) is 19.7. The quantitative estimate of drug-likeness (QED) is 0.216. The topological polar surface area (TPSA) is 4.93 Å². The van der Waals surface area contributed by atoms with Gasteiger partial charge in [0, 0.05) is 16.5 Å². The number of fused-ring (bicyclic) bond motifs is 3. The Morgan fingerprint density at radius 2 is 1.10 bits per heavy atom. The maximum Gasteiger partial charge on any atom is 0.0541 e. The first-order valence-electron chi connectivity index (χ1n) is 14.0. The van der Waals surface area contributed by atoms with E-state index >= 15 is 0 Å². The number of nitrogens with zero attached hydrogens (tertiary/aromatic N) is 1. The predicted molar refractivity (Wildman–Crippen MR) is 170 cm³/mol. The number of hydrogen-bond donors (Lipinski definition) is 0. The number of aromatic nitrogens is 1. The Hall–Kier alpha value is -4.88. The van der Waals surface area contributed by atoms with Crippen molar-refractivity contribution in [3.05, 3.63) is 162 Å². The van der Waals surface area contributed by atoms with Gasteiger partial charge in [-0.05, 0) is 95.1 Å². The average Bonchev–Trinajstić information content (AvgIpc) is 3.33. The first-order valence-corrected chi connectivity index (χ1v) is 14.0. The van der Waals surface area contributed by atoms with Crippen molar-refractivity contribution in [2.45, 2.75) is 20.3 Å². The van der Waals surface area contributed by atoms with Crippen molar-refractivity contribution in [1.82, 2.24) is 4.57 Å². The monoisotopic (exact) mass is 513 g/mol. The van der Waals surface area contributed by atoms with Gasteiger partial charge in [-0.1, -0.05) is 109 Å². The normalized spacial score (nSPS) is 11.3. The van der Waals surface area contributed by atoms with Crippen molar-refractivity contribution in [3.63, 3.8) is 0 Å². The highest BCUT2D eigenvalue weighted by Crippen LogP contribution is 2.35.